The summed E-state index contributed by atoms with van der Waals surface area (Å²) >= 11 is 0. The van der Waals surface area contributed by atoms with E-state index in [4.69, 9.17) is 0 Å². The van der Waals surface area contributed by atoms with Crippen molar-refractivity contribution in [3.05, 3.63) is 71.0 Å². The number of piperazine rings is 1. The molecule has 3 aliphatic rings. The van der Waals surface area contributed by atoms with Gasteiger partial charge in [-0.1, -0.05) is 30.3 Å². The molecule has 0 N–H and O–H groups in total. The Bertz CT molecular complexity index is 1170. The van der Waals surface area contributed by atoms with Crippen molar-refractivity contribution in [2.75, 3.05) is 46.3 Å². The highest BCUT2D eigenvalue weighted by molar-refractivity contribution is 6.03. The Hall–Kier alpha value is -3.26. The van der Waals surface area contributed by atoms with Crippen LogP contribution in [-0.4, -0.2) is 95.2 Å². The summed E-state index contributed by atoms with van der Waals surface area (Å²) in [6.45, 7) is 7.06. The van der Waals surface area contributed by atoms with Gasteiger partial charge in [0.15, 0.2) is 0 Å². The molecule has 2 aromatic carbocycles. The number of fused-ring (bicyclic) bond motifs is 1. The fraction of sp³-hybridized carbons (Fsp3) is 0.444. The molecular formula is C27H31FN4O3. The van der Waals surface area contributed by atoms with Crippen LogP contribution in [-0.2, 0) is 4.79 Å². The Kier molecular flexibility index (Phi) is 5.87. The van der Waals surface area contributed by atoms with Gasteiger partial charge in [-0.2, -0.15) is 0 Å². The maximum absolute atomic E-state index is 14.4. The highest BCUT2D eigenvalue weighted by Gasteiger charge is 2.62. The molecule has 2 saturated heterocycles. The molecule has 0 aliphatic carbocycles. The fourth-order valence-electron chi connectivity index (χ4n) is 5.92. The van der Waals surface area contributed by atoms with Gasteiger partial charge in [0.05, 0.1) is 17.0 Å². The second kappa shape index (κ2) is 8.75. The van der Waals surface area contributed by atoms with E-state index in [0.717, 1.165) is 18.7 Å². The molecule has 1 atom stereocenters. The summed E-state index contributed by atoms with van der Waals surface area (Å²) in [6.07, 6.45) is 0. The van der Waals surface area contributed by atoms with Crippen LogP contribution in [0, 0.1) is 5.82 Å². The lowest BCUT2D eigenvalue weighted by atomic mass is 9.67. The van der Waals surface area contributed by atoms with E-state index in [-0.39, 0.29) is 36.5 Å². The summed E-state index contributed by atoms with van der Waals surface area (Å²) in [7, 11) is 2.04. The van der Waals surface area contributed by atoms with Gasteiger partial charge in [-0.15, -0.1) is 0 Å². The van der Waals surface area contributed by atoms with E-state index < -0.39 is 23.2 Å². The quantitative estimate of drug-likeness (QED) is 0.680. The Labute approximate surface area is 205 Å². The lowest BCUT2D eigenvalue weighted by molar-refractivity contribution is -0.144. The normalized spacial score (nSPS) is 21.8. The lowest BCUT2D eigenvalue weighted by Crippen LogP contribution is -2.78. The second-order valence-electron chi connectivity index (χ2n) is 10.2. The minimum Gasteiger partial charge on any atom is -0.340 e. The average molecular weight is 479 g/mol. The van der Waals surface area contributed by atoms with Crippen LogP contribution in [0.5, 0.6) is 0 Å². The van der Waals surface area contributed by atoms with E-state index in [1.54, 1.807) is 28.0 Å². The van der Waals surface area contributed by atoms with Crippen LogP contribution in [0.25, 0.3) is 0 Å². The van der Waals surface area contributed by atoms with Crippen molar-refractivity contribution in [1.29, 1.82) is 0 Å². The molecule has 35 heavy (non-hydrogen) atoms. The molecule has 0 saturated carbocycles. The molecule has 0 aromatic heterocycles. The molecule has 184 valence electrons. The zero-order valence-corrected chi connectivity index (χ0v) is 20.4. The van der Waals surface area contributed by atoms with Crippen LogP contribution >= 0.6 is 0 Å². The number of hydrogen-bond donors (Lipinski definition) is 0. The van der Waals surface area contributed by atoms with Crippen LogP contribution < -0.4 is 0 Å². The van der Waals surface area contributed by atoms with Gasteiger partial charge in [0, 0.05) is 50.9 Å². The van der Waals surface area contributed by atoms with Crippen LogP contribution in [0.3, 0.4) is 0 Å². The van der Waals surface area contributed by atoms with Crippen molar-refractivity contribution in [1.82, 2.24) is 19.6 Å². The predicted molar refractivity (Wildman–Crippen MR) is 130 cm³/mol. The number of nitrogens with zero attached hydrogens (tertiary/aromatic N) is 4. The van der Waals surface area contributed by atoms with Gasteiger partial charge in [0.2, 0.25) is 5.91 Å². The largest absolute Gasteiger partial charge is 0.340 e. The van der Waals surface area contributed by atoms with Crippen LogP contribution in [0.4, 0.5) is 4.39 Å². The highest BCUT2D eigenvalue weighted by Crippen LogP contribution is 2.48. The highest BCUT2D eigenvalue weighted by atomic mass is 19.1. The zero-order chi connectivity index (χ0) is 24.9. The topological polar surface area (TPSA) is 64.2 Å². The number of halogens is 1. The lowest BCUT2D eigenvalue weighted by Gasteiger charge is -2.62. The second-order valence-corrected chi connectivity index (χ2v) is 10.2. The van der Waals surface area contributed by atoms with E-state index in [0.29, 0.717) is 18.7 Å². The van der Waals surface area contributed by atoms with E-state index >= 15 is 0 Å². The third-order valence-electron chi connectivity index (χ3n) is 7.64. The SMILES string of the molecule is CC(C)N1C(=O)c2ccccc2C(C(=O)N2CCN(C)CC2)C12CN(C(=O)c1ccccc1F)C2. The molecule has 5 rings (SSSR count). The molecule has 8 heteroatoms. The van der Waals surface area contributed by atoms with Crippen molar-refractivity contribution in [2.24, 2.45) is 0 Å². The Balaban J connectivity index is 1.55. The van der Waals surface area contributed by atoms with Crippen LogP contribution in [0.15, 0.2) is 48.5 Å². The minimum atomic E-state index is -0.874. The van der Waals surface area contributed by atoms with Crippen LogP contribution in [0.2, 0.25) is 0 Å². The van der Waals surface area contributed by atoms with Crippen molar-refractivity contribution < 1.29 is 18.8 Å². The summed E-state index contributed by atoms with van der Waals surface area (Å²) in [4.78, 5) is 48.4. The van der Waals surface area contributed by atoms with Gasteiger partial charge in [0.1, 0.15) is 5.82 Å². The van der Waals surface area contributed by atoms with Crippen molar-refractivity contribution in [3.8, 4) is 0 Å². The summed E-state index contributed by atoms with van der Waals surface area (Å²) in [5, 5.41) is 0. The number of rotatable bonds is 3. The van der Waals surface area contributed by atoms with E-state index in [1.807, 2.05) is 44.0 Å². The number of likely N-dealkylation sites (tertiary alicyclic amines) is 1. The van der Waals surface area contributed by atoms with Gasteiger partial charge in [-0.05, 0) is 44.7 Å². The standard InChI is InChI=1S/C27H31FN4O3/c1-18(2)32-25(34)20-9-5-4-8-19(20)23(26(35)30-14-12-29(3)13-15-30)27(32)16-31(17-27)24(33)21-10-6-7-11-22(21)28/h4-11,18,23H,12-17H2,1-3H3. The van der Waals surface area contributed by atoms with Gasteiger partial charge in [0.25, 0.3) is 11.8 Å². The molecule has 3 amide bonds. The smallest absolute Gasteiger partial charge is 0.256 e. The molecule has 0 radical (unpaired) electrons. The molecule has 1 unspecified atom stereocenters. The molecule has 7 nitrogen and oxygen atoms in total. The number of benzene rings is 2. The van der Waals surface area contributed by atoms with Gasteiger partial charge < -0.3 is 19.6 Å². The van der Waals surface area contributed by atoms with Crippen molar-refractivity contribution in [2.45, 2.75) is 31.3 Å². The third kappa shape index (κ3) is 3.71. The van der Waals surface area contributed by atoms with Crippen LogP contribution in [0.1, 0.15) is 46.0 Å². The van der Waals surface area contributed by atoms with Gasteiger partial charge in [-0.3, -0.25) is 14.4 Å². The van der Waals surface area contributed by atoms with Gasteiger partial charge >= 0.3 is 0 Å². The number of amides is 3. The Morgan fingerprint density at radius 1 is 0.943 bits per heavy atom. The third-order valence-corrected chi connectivity index (χ3v) is 7.64. The first-order valence-corrected chi connectivity index (χ1v) is 12.2. The molecule has 3 heterocycles. The number of hydrogen-bond acceptors (Lipinski definition) is 4. The number of carbonyl (C=O) groups is 3. The number of carbonyl (C=O) groups excluding carboxylic acids is 3. The summed E-state index contributed by atoms with van der Waals surface area (Å²) in [6, 6.07) is 13.1. The molecule has 3 aliphatic heterocycles. The number of likely N-dealkylation sites (N-methyl/N-ethyl adjacent to an activating group) is 1. The first kappa shape index (κ1) is 23.5. The molecule has 1 spiro atoms. The maximum Gasteiger partial charge on any atom is 0.256 e. The van der Waals surface area contributed by atoms with E-state index in [2.05, 4.69) is 4.90 Å². The average Bonchev–Trinajstić information content (AvgIpc) is 2.82. The summed E-state index contributed by atoms with van der Waals surface area (Å²) in [5.41, 5.74) is 0.387. The molecule has 2 fully saturated rings. The van der Waals surface area contributed by atoms with E-state index in [1.165, 1.54) is 12.1 Å². The minimum absolute atomic E-state index is 0.00271. The first-order valence-electron chi connectivity index (χ1n) is 12.2. The Morgan fingerprint density at radius 2 is 1.57 bits per heavy atom. The van der Waals surface area contributed by atoms with Gasteiger partial charge in [-0.25, -0.2) is 4.39 Å². The zero-order valence-electron chi connectivity index (χ0n) is 20.4. The summed E-state index contributed by atoms with van der Waals surface area (Å²) < 4.78 is 14.4. The monoisotopic (exact) mass is 478 g/mol. The molecule has 2 aromatic rings. The fourth-order valence-corrected chi connectivity index (χ4v) is 5.92. The Morgan fingerprint density at radius 3 is 2.23 bits per heavy atom. The summed E-state index contributed by atoms with van der Waals surface area (Å²) in [5.74, 6) is -1.73. The predicted octanol–water partition coefficient (Wildman–Crippen LogP) is 2.44. The maximum atomic E-state index is 14.4. The molecule has 0 bridgehead atoms. The van der Waals surface area contributed by atoms with Crippen molar-refractivity contribution in [3.63, 3.8) is 0 Å². The van der Waals surface area contributed by atoms with Crippen molar-refractivity contribution >= 4 is 17.7 Å². The van der Waals surface area contributed by atoms with E-state index in [9.17, 15) is 18.8 Å². The first-order chi connectivity index (χ1) is 16.7. The molecular weight excluding hydrogens is 447 g/mol.